The van der Waals surface area contributed by atoms with Crippen molar-refractivity contribution >= 4 is 17.3 Å². The van der Waals surface area contributed by atoms with Crippen LogP contribution in [0.1, 0.15) is 149 Å². The number of ketones is 3. The van der Waals surface area contributed by atoms with Crippen molar-refractivity contribution in [3.63, 3.8) is 0 Å². The van der Waals surface area contributed by atoms with Crippen LogP contribution in [0.4, 0.5) is 0 Å². The van der Waals surface area contributed by atoms with Crippen LogP contribution in [-0.2, 0) is 14.4 Å². The average molecular weight is 629 g/mol. The number of rotatable bonds is 30. The third-order valence-corrected chi connectivity index (χ3v) is 7.88. The van der Waals surface area contributed by atoms with Crippen LogP contribution in [0.25, 0.3) is 0 Å². The number of Topliss-reactive ketones (excluding diaryl/α,β-unsaturated/α-hetero) is 3. The van der Waals surface area contributed by atoms with Crippen molar-refractivity contribution in [1.29, 1.82) is 0 Å². The Bertz CT molecular complexity index is 939. The molecule has 0 heterocycles. The lowest BCUT2D eigenvalue weighted by molar-refractivity contribution is -0.135. The summed E-state index contributed by atoms with van der Waals surface area (Å²) in [5.41, 5.74) is -0.514. The molecule has 0 aliphatic rings. The molecule has 0 aromatic carbocycles. The lowest BCUT2D eigenvalue weighted by Gasteiger charge is -2.20. The first-order valence-corrected chi connectivity index (χ1v) is 17.8. The van der Waals surface area contributed by atoms with Gasteiger partial charge in [-0.25, -0.2) is 0 Å². The number of allylic oxidation sites excluding steroid dienone is 9. The number of carbonyl (C=O) groups is 3. The van der Waals surface area contributed by atoms with E-state index in [4.69, 9.17) is 0 Å². The number of hydrogen-bond acceptors (Lipinski definition) is 6. The van der Waals surface area contributed by atoms with E-state index < -0.39 is 36.0 Å². The zero-order valence-corrected chi connectivity index (χ0v) is 28.7. The third kappa shape index (κ3) is 21.9. The molecule has 0 aliphatic carbocycles. The molecule has 3 N–H and O–H groups in total. The fraction of sp³-hybridized carbons (Fsp3) is 0.667. The Morgan fingerprint density at radius 2 is 1.00 bits per heavy atom. The zero-order valence-electron chi connectivity index (χ0n) is 28.7. The highest BCUT2D eigenvalue weighted by Gasteiger charge is 2.33. The average Bonchev–Trinajstić information content (AvgIpc) is 3.04. The Kier molecular flexibility index (Phi) is 28.6. The lowest BCUT2D eigenvalue weighted by Crippen LogP contribution is -2.37. The van der Waals surface area contributed by atoms with Crippen molar-refractivity contribution in [2.45, 2.75) is 161 Å². The summed E-state index contributed by atoms with van der Waals surface area (Å²) in [6.07, 6.45) is 30.2. The molecule has 0 aromatic heterocycles. The van der Waals surface area contributed by atoms with E-state index in [1.807, 2.05) is 18.2 Å². The highest BCUT2D eigenvalue weighted by atomic mass is 16.4. The van der Waals surface area contributed by atoms with Gasteiger partial charge in [0.25, 0.3) is 0 Å². The topological polar surface area (TPSA) is 112 Å². The smallest absolute Gasteiger partial charge is 0.227 e. The Morgan fingerprint density at radius 1 is 0.556 bits per heavy atom. The van der Waals surface area contributed by atoms with E-state index in [2.05, 4.69) is 26.8 Å². The van der Waals surface area contributed by atoms with Gasteiger partial charge in [-0.3, -0.25) is 14.4 Å². The number of aliphatic hydroxyl groups is 3. The largest absolute Gasteiger partial charge is 0.394 e. The summed E-state index contributed by atoms with van der Waals surface area (Å²) in [6, 6.07) is 0. The van der Waals surface area contributed by atoms with E-state index in [9.17, 15) is 29.7 Å². The quantitative estimate of drug-likeness (QED) is 0.0317. The first-order valence-electron chi connectivity index (χ1n) is 17.8. The normalized spacial score (nSPS) is 14.2. The molecule has 0 radical (unpaired) electrons. The maximum Gasteiger partial charge on any atom is 0.227 e. The maximum atomic E-state index is 13.4. The molecule has 0 saturated carbocycles. The van der Waals surface area contributed by atoms with Gasteiger partial charge in [0, 0.05) is 24.0 Å². The Hall–Kier alpha value is -2.41. The molecule has 0 aromatic rings. The van der Waals surface area contributed by atoms with E-state index in [1.54, 1.807) is 18.2 Å². The van der Waals surface area contributed by atoms with Crippen LogP contribution >= 0.6 is 0 Å². The van der Waals surface area contributed by atoms with Gasteiger partial charge >= 0.3 is 0 Å². The molecule has 256 valence electrons. The molecule has 0 spiro atoms. The van der Waals surface area contributed by atoms with Gasteiger partial charge in [0.1, 0.15) is 12.2 Å². The van der Waals surface area contributed by atoms with Gasteiger partial charge in [0.2, 0.25) is 11.6 Å². The number of aliphatic hydroxyl groups excluding tert-OH is 3. The van der Waals surface area contributed by atoms with Gasteiger partial charge in [0.15, 0.2) is 5.78 Å². The SMILES string of the molecule is CCCCCCCCCC=CC=CC=CC=CC(C(=O)CCCCCCC)=C(C(=O)C(=O)CCCCCCC)C(O)C(O)CO. The molecule has 0 rings (SSSR count). The van der Waals surface area contributed by atoms with Crippen LogP contribution in [0.5, 0.6) is 0 Å². The van der Waals surface area contributed by atoms with Gasteiger partial charge in [-0.2, -0.15) is 0 Å². The summed E-state index contributed by atoms with van der Waals surface area (Å²) in [5, 5.41) is 30.6. The third-order valence-electron chi connectivity index (χ3n) is 7.88. The summed E-state index contributed by atoms with van der Waals surface area (Å²) in [4.78, 5) is 39.7. The summed E-state index contributed by atoms with van der Waals surface area (Å²) < 4.78 is 0. The first-order chi connectivity index (χ1) is 21.8. The van der Waals surface area contributed by atoms with Crippen LogP contribution in [0.2, 0.25) is 0 Å². The number of unbranched alkanes of at least 4 members (excludes halogenated alkanes) is 15. The molecule has 2 atom stereocenters. The predicted octanol–water partition coefficient (Wildman–Crippen LogP) is 8.79. The van der Waals surface area contributed by atoms with Crippen LogP contribution in [0, 0.1) is 0 Å². The standard InChI is InChI=1S/C39H64O6/c1-4-7-10-13-14-15-16-17-18-19-20-21-22-25-26-29-33(34(41)30-27-23-11-8-5-2)37(39(45)36(43)32-40)38(44)35(42)31-28-24-12-9-6-3/h18-22,25-26,29,36,39-40,43,45H,4-17,23-24,27-28,30-32H2,1-3H3. The van der Waals surface area contributed by atoms with Gasteiger partial charge in [-0.15, -0.1) is 0 Å². The Labute approximate surface area is 274 Å². The molecule has 0 bridgehead atoms. The highest BCUT2D eigenvalue weighted by Crippen LogP contribution is 2.21. The molecule has 45 heavy (non-hydrogen) atoms. The van der Waals surface area contributed by atoms with Crippen molar-refractivity contribution in [1.82, 2.24) is 0 Å². The summed E-state index contributed by atoms with van der Waals surface area (Å²) in [7, 11) is 0. The van der Waals surface area contributed by atoms with Crippen molar-refractivity contribution < 1.29 is 29.7 Å². The van der Waals surface area contributed by atoms with Gasteiger partial charge in [-0.05, 0) is 25.7 Å². The van der Waals surface area contributed by atoms with Crippen molar-refractivity contribution in [2.24, 2.45) is 0 Å². The second kappa shape index (κ2) is 30.3. The van der Waals surface area contributed by atoms with Crippen LogP contribution in [0.3, 0.4) is 0 Å². The Morgan fingerprint density at radius 3 is 1.53 bits per heavy atom. The van der Waals surface area contributed by atoms with Crippen molar-refractivity contribution in [2.75, 3.05) is 6.61 Å². The van der Waals surface area contributed by atoms with E-state index in [1.165, 1.54) is 51.0 Å². The zero-order chi connectivity index (χ0) is 33.5. The Balaban J connectivity index is 5.70. The van der Waals surface area contributed by atoms with E-state index >= 15 is 0 Å². The second-order valence-electron chi connectivity index (χ2n) is 12.0. The fourth-order valence-corrected chi connectivity index (χ4v) is 5.02. The molecule has 6 heteroatoms. The van der Waals surface area contributed by atoms with E-state index in [0.717, 1.165) is 57.8 Å². The van der Waals surface area contributed by atoms with E-state index in [0.29, 0.717) is 12.8 Å². The molecule has 0 amide bonds. The van der Waals surface area contributed by atoms with Crippen LogP contribution < -0.4 is 0 Å². The predicted molar refractivity (Wildman–Crippen MR) is 187 cm³/mol. The molecule has 6 nitrogen and oxygen atoms in total. The van der Waals surface area contributed by atoms with E-state index in [-0.39, 0.29) is 24.2 Å². The van der Waals surface area contributed by atoms with Gasteiger partial charge < -0.3 is 15.3 Å². The molecule has 2 unspecified atom stereocenters. The summed E-state index contributed by atoms with van der Waals surface area (Å²) in [6.45, 7) is 5.62. The maximum absolute atomic E-state index is 13.4. The minimum Gasteiger partial charge on any atom is -0.394 e. The van der Waals surface area contributed by atoms with Crippen LogP contribution in [-0.4, -0.2) is 51.5 Å². The molecule has 0 fully saturated rings. The molecule has 0 aliphatic heterocycles. The van der Waals surface area contributed by atoms with Gasteiger partial charge in [-0.1, -0.05) is 159 Å². The lowest BCUT2D eigenvalue weighted by atomic mass is 9.88. The first kappa shape index (κ1) is 42.6. The molecule has 0 saturated heterocycles. The molecular weight excluding hydrogens is 564 g/mol. The summed E-state index contributed by atoms with van der Waals surface area (Å²) >= 11 is 0. The van der Waals surface area contributed by atoms with Gasteiger partial charge in [0.05, 0.1) is 6.61 Å². The monoisotopic (exact) mass is 628 g/mol. The molecular formula is C39H64O6. The highest BCUT2D eigenvalue weighted by molar-refractivity contribution is 6.44. The minimum absolute atomic E-state index is 0.00731. The summed E-state index contributed by atoms with van der Waals surface area (Å²) in [5.74, 6) is -2.04. The van der Waals surface area contributed by atoms with Crippen molar-refractivity contribution in [3.8, 4) is 0 Å². The minimum atomic E-state index is -1.86. The number of carbonyl (C=O) groups excluding carboxylic acids is 3. The fourth-order valence-electron chi connectivity index (χ4n) is 5.02. The van der Waals surface area contributed by atoms with Crippen LogP contribution in [0.15, 0.2) is 59.8 Å². The van der Waals surface area contributed by atoms with Crippen molar-refractivity contribution in [3.05, 3.63) is 59.8 Å². The number of hydrogen-bond donors (Lipinski definition) is 3. The second-order valence-corrected chi connectivity index (χ2v) is 12.0.